The van der Waals surface area contributed by atoms with Crippen LogP contribution in [0.3, 0.4) is 0 Å². The van der Waals surface area contributed by atoms with Crippen molar-refractivity contribution < 1.29 is 19.0 Å². The molecule has 1 N–H and O–H groups in total. The fourth-order valence-electron chi connectivity index (χ4n) is 1.98. The summed E-state index contributed by atoms with van der Waals surface area (Å²) in [5.41, 5.74) is 1.66. The van der Waals surface area contributed by atoms with Gasteiger partial charge in [-0.3, -0.25) is 0 Å². The lowest BCUT2D eigenvalue weighted by Gasteiger charge is -2.21. The molecule has 0 aliphatic heterocycles. The Bertz CT molecular complexity index is 587. The SMILES string of the molecule is O=C(OCc1ccccc1)N(CCO)Cc1ccc(F)cc1. The molecule has 0 bridgehead atoms. The zero-order valence-corrected chi connectivity index (χ0v) is 12.1. The predicted molar refractivity (Wildman–Crippen MR) is 80.5 cm³/mol. The minimum Gasteiger partial charge on any atom is -0.445 e. The molecule has 0 aromatic heterocycles. The number of aliphatic hydroxyl groups is 1. The lowest BCUT2D eigenvalue weighted by atomic mass is 10.2. The van der Waals surface area contributed by atoms with Crippen LogP contribution in [0.5, 0.6) is 0 Å². The predicted octanol–water partition coefficient (Wildman–Crippen LogP) is 2.96. The number of rotatable bonds is 6. The number of nitrogens with zero attached hydrogens (tertiary/aromatic N) is 1. The molecule has 2 rings (SSSR count). The Morgan fingerprint density at radius 2 is 1.73 bits per heavy atom. The van der Waals surface area contributed by atoms with Crippen LogP contribution in [0.25, 0.3) is 0 Å². The molecular formula is C17H18FNO3. The van der Waals surface area contributed by atoms with Crippen molar-refractivity contribution >= 4 is 6.09 Å². The van der Waals surface area contributed by atoms with Gasteiger partial charge in [-0.2, -0.15) is 0 Å². The third-order valence-electron chi connectivity index (χ3n) is 3.12. The van der Waals surface area contributed by atoms with Crippen molar-refractivity contribution in [2.24, 2.45) is 0 Å². The first kappa shape index (κ1) is 16.0. The van der Waals surface area contributed by atoms with Crippen molar-refractivity contribution in [1.29, 1.82) is 0 Å². The molecule has 5 heteroatoms. The number of aliphatic hydroxyl groups excluding tert-OH is 1. The zero-order chi connectivity index (χ0) is 15.8. The number of benzene rings is 2. The van der Waals surface area contributed by atoms with Gasteiger partial charge in [0.15, 0.2) is 0 Å². The highest BCUT2D eigenvalue weighted by molar-refractivity contribution is 5.67. The molecule has 116 valence electrons. The molecule has 0 spiro atoms. The standard InChI is InChI=1S/C17H18FNO3/c18-16-8-6-14(7-9-16)12-19(10-11-20)17(21)22-13-15-4-2-1-3-5-15/h1-9,20H,10-13H2. The second-order valence-electron chi connectivity index (χ2n) is 4.81. The van der Waals surface area contributed by atoms with Crippen molar-refractivity contribution in [2.75, 3.05) is 13.2 Å². The van der Waals surface area contributed by atoms with Crippen molar-refractivity contribution in [3.63, 3.8) is 0 Å². The highest BCUT2D eigenvalue weighted by atomic mass is 19.1. The molecule has 0 atom stereocenters. The average Bonchev–Trinajstić information content (AvgIpc) is 2.55. The second kappa shape index (κ2) is 8.14. The third-order valence-corrected chi connectivity index (χ3v) is 3.12. The van der Waals surface area contributed by atoms with Crippen LogP contribution in [0, 0.1) is 5.82 Å². The summed E-state index contributed by atoms with van der Waals surface area (Å²) in [5.74, 6) is -0.330. The van der Waals surface area contributed by atoms with Crippen LogP contribution in [0.15, 0.2) is 54.6 Å². The molecule has 0 unspecified atom stereocenters. The average molecular weight is 303 g/mol. The van der Waals surface area contributed by atoms with Crippen LogP contribution in [0.2, 0.25) is 0 Å². The Hall–Kier alpha value is -2.40. The Morgan fingerprint density at radius 1 is 1.05 bits per heavy atom. The molecule has 2 aromatic carbocycles. The lowest BCUT2D eigenvalue weighted by molar-refractivity contribution is 0.0859. The number of carbonyl (C=O) groups is 1. The van der Waals surface area contributed by atoms with Crippen molar-refractivity contribution in [2.45, 2.75) is 13.2 Å². The van der Waals surface area contributed by atoms with E-state index in [0.29, 0.717) is 0 Å². The van der Waals surface area contributed by atoms with E-state index in [1.54, 1.807) is 12.1 Å². The van der Waals surface area contributed by atoms with E-state index in [1.807, 2.05) is 30.3 Å². The molecule has 1 amide bonds. The van der Waals surface area contributed by atoms with Gasteiger partial charge in [0.2, 0.25) is 0 Å². The summed E-state index contributed by atoms with van der Waals surface area (Å²) in [4.78, 5) is 13.5. The largest absolute Gasteiger partial charge is 0.445 e. The minimum atomic E-state index is -0.512. The minimum absolute atomic E-state index is 0.158. The van der Waals surface area contributed by atoms with Crippen molar-refractivity contribution in [3.05, 3.63) is 71.5 Å². The molecule has 0 saturated carbocycles. The molecule has 0 aliphatic carbocycles. The van der Waals surface area contributed by atoms with Gasteiger partial charge < -0.3 is 14.7 Å². The van der Waals surface area contributed by atoms with Gasteiger partial charge in [-0.1, -0.05) is 42.5 Å². The molecule has 4 nitrogen and oxygen atoms in total. The van der Waals surface area contributed by atoms with Crippen LogP contribution in [-0.4, -0.2) is 29.3 Å². The van der Waals surface area contributed by atoms with Gasteiger partial charge in [0.05, 0.1) is 6.61 Å². The van der Waals surface area contributed by atoms with Gasteiger partial charge in [0, 0.05) is 13.1 Å². The number of amides is 1. The Morgan fingerprint density at radius 3 is 2.36 bits per heavy atom. The molecule has 22 heavy (non-hydrogen) atoms. The zero-order valence-electron chi connectivity index (χ0n) is 12.1. The summed E-state index contributed by atoms with van der Waals surface area (Å²) in [6, 6.07) is 15.2. The first-order chi connectivity index (χ1) is 10.7. The number of hydrogen-bond donors (Lipinski definition) is 1. The van der Waals surface area contributed by atoms with Crippen LogP contribution in [-0.2, 0) is 17.9 Å². The Kier molecular flexibility index (Phi) is 5.91. The van der Waals surface area contributed by atoms with Crippen molar-refractivity contribution in [1.82, 2.24) is 4.90 Å². The van der Waals surface area contributed by atoms with Gasteiger partial charge in [0.25, 0.3) is 0 Å². The molecule has 0 radical (unpaired) electrons. The van der Waals surface area contributed by atoms with Crippen LogP contribution in [0.1, 0.15) is 11.1 Å². The Balaban J connectivity index is 1.94. The molecule has 0 saturated heterocycles. The molecular weight excluding hydrogens is 285 g/mol. The molecule has 2 aromatic rings. The maximum absolute atomic E-state index is 12.9. The normalized spacial score (nSPS) is 10.3. The van der Waals surface area contributed by atoms with Crippen molar-refractivity contribution in [3.8, 4) is 0 Å². The number of ether oxygens (including phenoxy) is 1. The summed E-state index contributed by atoms with van der Waals surface area (Å²) in [6.45, 7) is 0.423. The fraction of sp³-hybridized carbons (Fsp3) is 0.235. The summed E-state index contributed by atoms with van der Waals surface area (Å²) >= 11 is 0. The van der Waals surface area contributed by atoms with Gasteiger partial charge in [-0.15, -0.1) is 0 Å². The summed E-state index contributed by atoms with van der Waals surface area (Å²) in [5, 5.41) is 9.08. The maximum atomic E-state index is 12.9. The molecule has 0 aliphatic rings. The van der Waals surface area contributed by atoms with Gasteiger partial charge in [0.1, 0.15) is 12.4 Å². The number of hydrogen-bond acceptors (Lipinski definition) is 3. The van der Waals surface area contributed by atoms with Gasteiger partial charge >= 0.3 is 6.09 Å². The fourth-order valence-corrected chi connectivity index (χ4v) is 1.98. The van der Waals surface area contributed by atoms with E-state index in [4.69, 9.17) is 9.84 Å². The van der Waals surface area contributed by atoms with E-state index >= 15 is 0 Å². The van der Waals surface area contributed by atoms with Crippen LogP contribution < -0.4 is 0 Å². The summed E-state index contributed by atoms with van der Waals surface area (Å²) in [7, 11) is 0. The number of halogens is 1. The number of carbonyl (C=O) groups excluding carboxylic acids is 1. The van der Waals surface area contributed by atoms with E-state index in [1.165, 1.54) is 17.0 Å². The van der Waals surface area contributed by atoms with Crippen LogP contribution in [0.4, 0.5) is 9.18 Å². The summed E-state index contributed by atoms with van der Waals surface area (Å²) in [6.07, 6.45) is -0.512. The Labute approximate surface area is 128 Å². The molecule has 0 heterocycles. The maximum Gasteiger partial charge on any atom is 0.410 e. The first-order valence-corrected chi connectivity index (χ1v) is 7.00. The van der Waals surface area contributed by atoms with E-state index in [-0.39, 0.29) is 32.1 Å². The smallest absolute Gasteiger partial charge is 0.410 e. The first-order valence-electron chi connectivity index (χ1n) is 7.00. The third kappa shape index (κ3) is 4.86. The topological polar surface area (TPSA) is 49.8 Å². The quantitative estimate of drug-likeness (QED) is 0.892. The van der Waals surface area contributed by atoms with E-state index in [2.05, 4.69) is 0 Å². The second-order valence-corrected chi connectivity index (χ2v) is 4.81. The monoisotopic (exact) mass is 303 g/mol. The van der Waals surface area contributed by atoms with Crippen LogP contribution >= 0.6 is 0 Å². The lowest BCUT2D eigenvalue weighted by Crippen LogP contribution is -2.33. The van der Waals surface area contributed by atoms with E-state index in [9.17, 15) is 9.18 Å². The summed E-state index contributed by atoms with van der Waals surface area (Å²) < 4.78 is 18.1. The van der Waals surface area contributed by atoms with E-state index in [0.717, 1.165) is 11.1 Å². The molecule has 0 fully saturated rings. The van der Waals surface area contributed by atoms with Gasteiger partial charge in [-0.25, -0.2) is 9.18 Å². The highest BCUT2D eigenvalue weighted by Gasteiger charge is 2.15. The van der Waals surface area contributed by atoms with Gasteiger partial charge in [-0.05, 0) is 23.3 Å². The van der Waals surface area contributed by atoms with E-state index < -0.39 is 6.09 Å². The highest BCUT2D eigenvalue weighted by Crippen LogP contribution is 2.09.